The molecule has 4 aromatic rings. The SMILES string of the molecule is Cc1ccc(NC(=O)Nc2cc(F)c(Oc3ccnc4c3c(C#N)cn4COCC[Si](C)(C)C)c(F)c2)nn1. The standard InChI is InChI=1S/C26H27F2N7O3Si/c1-16-5-6-22(34-33-16)32-26(36)31-18-11-19(27)24(20(28)12-18)38-21-7-8-30-25-23(21)17(13-29)14-35(25)15-37-9-10-39(2,3)4/h5-8,11-12,14H,9-10,15H2,1-4H3,(H2,31,32,34,36). The molecule has 0 aliphatic rings. The summed E-state index contributed by atoms with van der Waals surface area (Å²) < 4.78 is 42.9. The number of amides is 2. The van der Waals surface area contributed by atoms with Crippen molar-refractivity contribution in [1.29, 1.82) is 5.26 Å². The van der Waals surface area contributed by atoms with Crippen molar-refractivity contribution in [3.8, 4) is 17.6 Å². The van der Waals surface area contributed by atoms with E-state index < -0.39 is 31.5 Å². The van der Waals surface area contributed by atoms with Gasteiger partial charge in [-0.1, -0.05) is 19.6 Å². The zero-order chi connectivity index (χ0) is 28.2. The summed E-state index contributed by atoms with van der Waals surface area (Å²) in [5.74, 6) is -2.59. The number of halogens is 2. The molecule has 0 saturated carbocycles. The molecule has 0 unspecified atom stereocenters. The van der Waals surface area contributed by atoms with Crippen LogP contribution in [0.2, 0.25) is 25.7 Å². The molecule has 202 valence electrons. The molecule has 0 radical (unpaired) electrons. The number of aryl methyl sites for hydroxylation is 1. The molecule has 0 spiro atoms. The Morgan fingerprint density at radius 2 is 1.87 bits per heavy atom. The summed E-state index contributed by atoms with van der Waals surface area (Å²) >= 11 is 0. The summed E-state index contributed by atoms with van der Waals surface area (Å²) in [5.41, 5.74) is 1.12. The zero-order valence-electron chi connectivity index (χ0n) is 21.9. The van der Waals surface area contributed by atoms with Crippen molar-refractivity contribution in [2.24, 2.45) is 0 Å². The van der Waals surface area contributed by atoms with Crippen LogP contribution < -0.4 is 15.4 Å². The maximum atomic E-state index is 14.9. The van der Waals surface area contributed by atoms with Crippen molar-refractivity contribution in [3.05, 3.63) is 65.6 Å². The molecular formula is C26H27F2N7O3Si. The first kappa shape index (κ1) is 27.6. The average Bonchev–Trinajstić information content (AvgIpc) is 3.23. The van der Waals surface area contributed by atoms with Crippen molar-refractivity contribution < 1.29 is 23.0 Å². The van der Waals surface area contributed by atoms with Crippen molar-refractivity contribution in [1.82, 2.24) is 19.7 Å². The Bertz CT molecular complexity index is 1520. The first-order valence-electron chi connectivity index (χ1n) is 12.0. The zero-order valence-corrected chi connectivity index (χ0v) is 22.9. The minimum Gasteiger partial charge on any atom is -0.450 e. The minimum absolute atomic E-state index is 0.0478. The summed E-state index contributed by atoms with van der Waals surface area (Å²) in [4.78, 5) is 16.5. The van der Waals surface area contributed by atoms with Gasteiger partial charge in [-0.3, -0.25) is 5.32 Å². The summed E-state index contributed by atoms with van der Waals surface area (Å²) in [6.45, 7) is 9.22. The van der Waals surface area contributed by atoms with Crippen LogP contribution in [0, 0.1) is 29.9 Å². The summed E-state index contributed by atoms with van der Waals surface area (Å²) in [6.07, 6.45) is 2.98. The fourth-order valence-electron chi connectivity index (χ4n) is 3.58. The molecule has 2 amide bonds. The summed E-state index contributed by atoms with van der Waals surface area (Å²) in [7, 11) is -1.27. The lowest BCUT2D eigenvalue weighted by atomic mass is 10.2. The number of carbonyl (C=O) groups is 1. The molecule has 2 N–H and O–H groups in total. The van der Waals surface area contributed by atoms with E-state index in [4.69, 9.17) is 9.47 Å². The van der Waals surface area contributed by atoms with E-state index >= 15 is 0 Å². The molecule has 3 heterocycles. The van der Waals surface area contributed by atoms with Gasteiger partial charge in [-0.2, -0.15) is 10.4 Å². The van der Waals surface area contributed by atoms with Crippen LogP contribution >= 0.6 is 0 Å². The van der Waals surface area contributed by atoms with Gasteiger partial charge in [0.2, 0.25) is 0 Å². The number of nitrogens with zero attached hydrogens (tertiary/aromatic N) is 5. The predicted molar refractivity (Wildman–Crippen MR) is 144 cm³/mol. The number of nitriles is 1. The van der Waals surface area contributed by atoms with Crippen molar-refractivity contribution in [2.75, 3.05) is 17.2 Å². The number of aromatic nitrogens is 4. The number of anilines is 2. The highest BCUT2D eigenvalue weighted by atomic mass is 28.3. The van der Waals surface area contributed by atoms with Crippen LogP contribution in [0.3, 0.4) is 0 Å². The van der Waals surface area contributed by atoms with Gasteiger partial charge in [-0.25, -0.2) is 18.6 Å². The number of benzene rings is 1. The molecule has 39 heavy (non-hydrogen) atoms. The largest absolute Gasteiger partial charge is 0.450 e. The lowest BCUT2D eigenvalue weighted by molar-refractivity contribution is 0.0898. The van der Waals surface area contributed by atoms with E-state index in [1.807, 2.05) is 0 Å². The average molecular weight is 552 g/mol. The maximum Gasteiger partial charge on any atom is 0.324 e. The monoisotopic (exact) mass is 551 g/mol. The van der Waals surface area contributed by atoms with E-state index in [0.29, 0.717) is 23.3 Å². The number of hydrogen-bond acceptors (Lipinski definition) is 7. The maximum absolute atomic E-state index is 14.9. The van der Waals surface area contributed by atoms with Crippen LogP contribution in [0.5, 0.6) is 11.5 Å². The van der Waals surface area contributed by atoms with Crippen LogP contribution in [-0.4, -0.2) is 40.5 Å². The van der Waals surface area contributed by atoms with Gasteiger partial charge >= 0.3 is 6.03 Å². The van der Waals surface area contributed by atoms with Gasteiger partial charge in [0, 0.05) is 44.9 Å². The Hall–Kier alpha value is -4.41. The van der Waals surface area contributed by atoms with Crippen molar-refractivity contribution in [3.63, 3.8) is 0 Å². The molecule has 0 fully saturated rings. The smallest absolute Gasteiger partial charge is 0.324 e. The Morgan fingerprint density at radius 1 is 1.13 bits per heavy atom. The van der Waals surface area contributed by atoms with Gasteiger partial charge in [0.25, 0.3) is 0 Å². The first-order chi connectivity index (χ1) is 18.5. The number of fused-ring (bicyclic) bond motifs is 1. The molecular weight excluding hydrogens is 524 g/mol. The molecule has 4 rings (SSSR count). The molecule has 0 aliphatic carbocycles. The molecule has 13 heteroatoms. The van der Waals surface area contributed by atoms with Gasteiger partial charge in [0.15, 0.2) is 23.2 Å². The normalized spacial score (nSPS) is 11.3. The first-order valence-corrected chi connectivity index (χ1v) is 15.8. The Kier molecular flexibility index (Phi) is 8.17. The van der Waals surface area contributed by atoms with Gasteiger partial charge in [-0.15, -0.1) is 5.10 Å². The van der Waals surface area contributed by atoms with Crippen LogP contribution in [-0.2, 0) is 11.5 Å². The number of carbonyl (C=O) groups excluding carboxylic acids is 1. The van der Waals surface area contributed by atoms with E-state index in [2.05, 4.69) is 51.5 Å². The van der Waals surface area contributed by atoms with Crippen molar-refractivity contribution in [2.45, 2.75) is 39.3 Å². The third-order valence-corrected chi connectivity index (χ3v) is 7.28. The molecule has 0 aliphatic heterocycles. The predicted octanol–water partition coefficient (Wildman–Crippen LogP) is 6.03. The fraction of sp³-hybridized carbons (Fsp3) is 0.269. The number of ether oxygens (including phenoxy) is 2. The Morgan fingerprint density at radius 3 is 2.51 bits per heavy atom. The molecule has 0 atom stereocenters. The lowest BCUT2D eigenvalue weighted by Crippen LogP contribution is -2.22. The van der Waals surface area contributed by atoms with Crippen LogP contribution in [0.25, 0.3) is 11.0 Å². The summed E-state index contributed by atoms with van der Waals surface area (Å²) in [6, 6.07) is 8.73. The van der Waals surface area contributed by atoms with E-state index in [9.17, 15) is 18.8 Å². The fourth-order valence-corrected chi connectivity index (χ4v) is 4.34. The van der Waals surface area contributed by atoms with Crippen molar-refractivity contribution >= 4 is 36.6 Å². The quantitative estimate of drug-likeness (QED) is 0.192. The van der Waals surface area contributed by atoms with E-state index in [1.54, 1.807) is 23.8 Å². The van der Waals surface area contributed by atoms with E-state index in [1.165, 1.54) is 18.3 Å². The molecule has 0 bridgehead atoms. The van der Waals surface area contributed by atoms with Crippen LogP contribution in [0.4, 0.5) is 25.1 Å². The van der Waals surface area contributed by atoms with Gasteiger partial charge in [0.1, 0.15) is 24.2 Å². The highest BCUT2D eigenvalue weighted by Crippen LogP contribution is 2.36. The highest BCUT2D eigenvalue weighted by Gasteiger charge is 2.20. The Labute approximate surface area is 224 Å². The van der Waals surface area contributed by atoms with E-state index in [0.717, 1.165) is 18.2 Å². The van der Waals surface area contributed by atoms with Gasteiger partial charge in [0.05, 0.1) is 16.6 Å². The number of hydrogen-bond donors (Lipinski definition) is 2. The number of nitrogens with one attached hydrogen (secondary N) is 2. The second-order valence-corrected chi connectivity index (χ2v) is 15.6. The van der Waals surface area contributed by atoms with Crippen LogP contribution in [0.15, 0.2) is 42.7 Å². The Balaban J connectivity index is 1.52. The third-order valence-electron chi connectivity index (χ3n) is 5.57. The van der Waals surface area contributed by atoms with E-state index in [-0.39, 0.29) is 29.5 Å². The third kappa shape index (κ3) is 6.92. The lowest BCUT2D eigenvalue weighted by Gasteiger charge is -2.15. The summed E-state index contributed by atoms with van der Waals surface area (Å²) in [5, 5.41) is 22.4. The molecule has 1 aromatic carbocycles. The highest BCUT2D eigenvalue weighted by molar-refractivity contribution is 6.76. The molecule has 10 nitrogen and oxygen atoms in total. The topological polar surface area (TPSA) is 127 Å². The number of pyridine rings is 1. The van der Waals surface area contributed by atoms with Gasteiger partial charge < -0.3 is 19.4 Å². The van der Waals surface area contributed by atoms with Gasteiger partial charge in [-0.05, 0) is 31.2 Å². The minimum atomic E-state index is -1.27. The van der Waals surface area contributed by atoms with Crippen LogP contribution in [0.1, 0.15) is 11.3 Å². The second-order valence-electron chi connectivity index (χ2n) is 9.99. The molecule has 0 saturated heterocycles. The second kappa shape index (κ2) is 11.5. The molecule has 3 aromatic heterocycles. The number of rotatable bonds is 9. The number of urea groups is 1.